The van der Waals surface area contributed by atoms with Gasteiger partial charge in [0.05, 0.1) is 0 Å². The summed E-state index contributed by atoms with van der Waals surface area (Å²) in [6.07, 6.45) is 0. The highest BCUT2D eigenvalue weighted by Crippen LogP contribution is 2.43. The van der Waals surface area contributed by atoms with Gasteiger partial charge in [0.2, 0.25) is 0 Å². The van der Waals surface area contributed by atoms with Crippen LogP contribution in [0.1, 0.15) is 0 Å². The lowest BCUT2D eigenvalue weighted by Gasteiger charge is -2.13. The molecule has 0 nitrogen and oxygen atoms in total. The van der Waals surface area contributed by atoms with Gasteiger partial charge < -0.3 is 0 Å². The molecule has 0 heteroatoms. The van der Waals surface area contributed by atoms with Gasteiger partial charge in [0, 0.05) is 0 Å². The highest BCUT2D eigenvalue weighted by Gasteiger charge is 2.18. The second kappa shape index (κ2) is 41.1. The largest absolute Gasteiger partial charge is 0.0622 e. The maximum absolute atomic E-state index is 2.33. The molecule has 0 saturated heterocycles. The van der Waals surface area contributed by atoms with Crippen LogP contribution in [-0.4, -0.2) is 0 Å². The second-order valence-electron chi connectivity index (χ2n) is 37.9. The Hall–Kier alpha value is -19.0. The van der Waals surface area contributed by atoms with E-state index in [2.05, 4.69) is 607 Å². The number of hydrogen-bond donors (Lipinski definition) is 0. The zero-order valence-electron chi connectivity index (χ0n) is 80.7. The van der Waals surface area contributed by atoms with Gasteiger partial charge in [0.25, 0.3) is 0 Å². The predicted octanol–water partition coefficient (Wildman–Crippen LogP) is 40.8. The number of rotatable bonds is 18. The number of hydrogen-bond acceptors (Lipinski definition) is 0. The van der Waals surface area contributed by atoms with Crippen LogP contribution in [0.15, 0.2) is 607 Å². The van der Waals surface area contributed by atoms with Crippen molar-refractivity contribution in [1.82, 2.24) is 0 Å². The van der Waals surface area contributed by atoms with E-state index >= 15 is 0 Å². The molecule has 26 aromatic rings. The molecule has 0 N–H and O–H groups in total. The average molecular weight is 1850 g/mol. The summed E-state index contributed by atoms with van der Waals surface area (Å²) in [6.45, 7) is 0. The van der Waals surface area contributed by atoms with Crippen molar-refractivity contribution >= 4 is 53.9 Å². The molecule has 0 fully saturated rings. The van der Waals surface area contributed by atoms with E-state index in [0.29, 0.717) is 0 Å². The van der Waals surface area contributed by atoms with Crippen molar-refractivity contribution in [3.05, 3.63) is 607 Å². The fourth-order valence-electron chi connectivity index (χ4n) is 20.4. The van der Waals surface area contributed by atoms with Crippen LogP contribution in [0.5, 0.6) is 0 Å². The van der Waals surface area contributed by atoms with E-state index in [1.807, 2.05) is 0 Å². The summed E-state index contributed by atoms with van der Waals surface area (Å²) in [7, 11) is 0. The van der Waals surface area contributed by atoms with E-state index in [4.69, 9.17) is 0 Å². The lowest BCUT2D eigenvalue weighted by atomic mass is 9.91. The van der Waals surface area contributed by atoms with Gasteiger partial charge in [0.1, 0.15) is 0 Å². The third-order valence-electron chi connectivity index (χ3n) is 28.6. The summed E-state index contributed by atoms with van der Waals surface area (Å²) in [5, 5.41) is 12.6. The first kappa shape index (κ1) is 89.6. The third-order valence-corrected chi connectivity index (χ3v) is 28.6. The molecule has 684 valence electrons. The lowest BCUT2D eigenvalue weighted by Crippen LogP contribution is -1.88. The summed E-state index contributed by atoms with van der Waals surface area (Å²) in [4.78, 5) is 0. The van der Waals surface area contributed by atoms with Crippen molar-refractivity contribution in [3.8, 4) is 200 Å². The van der Waals surface area contributed by atoms with Gasteiger partial charge in [-0.2, -0.15) is 0 Å². The Morgan fingerprint density at radius 1 is 0.0479 bits per heavy atom. The van der Waals surface area contributed by atoms with Crippen LogP contribution >= 0.6 is 0 Å². The molecule has 0 aliphatic carbocycles. The first-order valence-electron chi connectivity index (χ1n) is 50.3. The fraction of sp³-hybridized carbons (Fsp3) is 0. The van der Waals surface area contributed by atoms with E-state index in [1.165, 1.54) is 254 Å². The average Bonchev–Trinajstić information content (AvgIpc) is 0.792. The number of benzene rings is 26. The first-order chi connectivity index (χ1) is 72.2. The Morgan fingerprint density at radius 3 is 0.267 bits per heavy atom. The van der Waals surface area contributed by atoms with Gasteiger partial charge >= 0.3 is 0 Å². The summed E-state index contributed by atoms with van der Waals surface area (Å²) >= 11 is 0. The molecule has 0 atom stereocenters. The molecule has 0 amide bonds. The van der Waals surface area contributed by atoms with E-state index in [-0.39, 0.29) is 0 Å². The van der Waals surface area contributed by atoms with Crippen molar-refractivity contribution in [3.63, 3.8) is 0 Å². The molecule has 0 heterocycles. The molecular weight excluding hydrogens is 1750 g/mol. The highest BCUT2D eigenvalue weighted by atomic mass is 14.2. The minimum atomic E-state index is 1.20. The maximum Gasteiger partial charge on any atom is -0.0172 e. The van der Waals surface area contributed by atoms with E-state index in [9.17, 15) is 0 Å². The Labute approximate surface area is 854 Å². The SMILES string of the molecule is c1ccc(-c2ccc(-c3cc(-c4ccc(-c5ccc6ccccc6c5)cc4)cc(-c4ccc(-c5ccc6ccccc6c5)cc4)c3)cc2)cc1.c1ccc(-c2ccc(-c3cc(-c4ccc(-c5ccc6ccccc6c5)cc4)cc(-c4ccc(-c5ccc6ccccc6c5)cc4)c3)cc2)cc1.c1ccc(-c2ccc(-c3cc(-c4ccc(-c5ccccc5)cc4)cc(-c4ccc(-c5ccc6ccccc6c5)cc4)c3)cc2)cc1. The van der Waals surface area contributed by atoms with Crippen molar-refractivity contribution < 1.29 is 0 Å². The summed E-state index contributed by atoms with van der Waals surface area (Å²) < 4.78 is 0. The third kappa shape index (κ3) is 19.9. The summed E-state index contributed by atoms with van der Waals surface area (Å²) in [5.41, 5.74) is 43.7. The smallest absolute Gasteiger partial charge is 0.0172 e. The Kier molecular flexibility index (Phi) is 25.2. The zero-order chi connectivity index (χ0) is 97.3. The highest BCUT2D eigenvalue weighted by molar-refractivity contribution is 5.96. The van der Waals surface area contributed by atoms with Crippen LogP contribution in [-0.2, 0) is 0 Å². The maximum atomic E-state index is 2.33. The topological polar surface area (TPSA) is 0 Å². The minimum Gasteiger partial charge on any atom is -0.0622 e. The van der Waals surface area contributed by atoms with Crippen LogP contribution in [0.25, 0.3) is 254 Å². The number of fused-ring (bicyclic) bond motifs is 5. The van der Waals surface area contributed by atoms with Crippen LogP contribution in [0.2, 0.25) is 0 Å². The van der Waals surface area contributed by atoms with Gasteiger partial charge in [-0.15, -0.1) is 0 Å². The Balaban J connectivity index is 0.000000118. The normalized spacial score (nSPS) is 11.2. The molecule has 0 unspecified atom stereocenters. The van der Waals surface area contributed by atoms with Crippen molar-refractivity contribution in [2.24, 2.45) is 0 Å². The molecule has 0 aromatic heterocycles. The predicted molar refractivity (Wildman–Crippen MR) is 625 cm³/mol. The van der Waals surface area contributed by atoms with E-state index in [1.54, 1.807) is 0 Å². The Morgan fingerprint density at radius 2 is 0.137 bits per heavy atom. The van der Waals surface area contributed by atoms with Crippen LogP contribution < -0.4 is 0 Å². The quantitative estimate of drug-likeness (QED) is 0.0803. The standard InChI is InChI=1S/2C50H34.C46H32/c2*1-2-8-35(9-3-1)38-14-20-41(21-15-38)48-32-49(42-22-16-39(17-23-42)46-28-26-36-10-4-6-12-44(36)30-46)34-50(33-48)43-24-18-40(19-25-43)47-29-27-37-11-5-7-13-45(37)31-47;1-3-9-33(10-4-1)36-15-21-39(22-16-36)44-30-45(40-23-17-37(18-24-40)34-11-5-2-6-12-34)32-46(31-44)41-25-19-38(20-26-41)43-28-27-35-13-7-8-14-42(35)29-43/h2*1-34H;1-32H. The zero-order valence-corrected chi connectivity index (χ0v) is 80.7. The van der Waals surface area contributed by atoms with Gasteiger partial charge in [-0.1, -0.05) is 522 Å². The van der Waals surface area contributed by atoms with Gasteiger partial charge in [-0.05, 0) is 339 Å². The van der Waals surface area contributed by atoms with E-state index < -0.39 is 0 Å². The molecule has 146 heavy (non-hydrogen) atoms. The molecular formula is C146H100. The molecule has 0 radical (unpaired) electrons. The lowest BCUT2D eigenvalue weighted by molar-refractivity contribution is 1.55. The van der Waals surface area contributed by atoms with E-state index in [0.717, 1.165) is 0 Å². The van der Waals surface area contributed by atoms with Crippen LogP contribution in [0.3, 0.4) is 0 Å². The fourth-order valence-corrected chi connectivity index (χ4v) is 20.4. The molecule has 0 saturated carbocycles. The van der Waals surface area contributed by atoms with Crippen molar-refractivity contribution in [2.75, 3.05) is 0 Å². The van der Waals surface area contributed by atoms with Gasteiger partial charge in [-0.25, -0.2) is 0 Å². The molecule has 26 rings (SSSR count). The molecule has 26 aromatic carbocycles. The summed E-state index contributed by atoms with van der Waals surface area (Å²) in [6, 6.07) is 220. The molecule has 0 bridgehead atoms. The monoisotopic (exact) mass is 1850 g/mol. The molecule has 0 spiro atoms. The first-order valence-corrected chi connectivity index (χ1v) is 50.3. The Bertz CT molecular complexity index is 8380. The van der Waals surface area contributed by atoms with Gasteiger partial charge in [-0.3, -0.25) is 0 Å². The van der Waals surface area contributed by atoms with Crippen LogP contribution in [0, 0.1) is 0 Å². The van der Waals surface area contributed by atoms with Crippen LogP contribution in [0.4, 0.5) is 0 Å². The van der Waals surface area contributed by atoms with Crippen molar-refractivity contribution in [1.29, 1.82) is 0 Å². The minimum absolute atomic E-state index is 1.20. The summed E-state index contributed by atoms with van der Waals surface area (Å²) in [5.74, 6) is 0. The van der Waals surface area contributed by atoms with Gasteiger partial charge in [0.15, 0.2) is 0 Å². The molecule has 0 aliphatic rings. The molecule has 0 aliphatic heterocycles. The second-order valence-corrected chi connectivity index (χ2v) is 37.9. The van der Waals surface area contributed by atoms with Crippen molar-refractivity contribution in [2.45, 2.75) is 0 Å².